The van der Waals surface area contributed by atoms with E-state index in [9.17, 15) is 4.39 Å². The zero-order valence-electron chi connectivity index (χ0n) is 17.1. The van der Waals surface area contributed by atoms with E-state index in [0.29, 0.717) is 6.54 Å². The Morgan fingerprint density at radius 1 is 1.18 bits per heavy atom. The van der Waals surface area contributed by atoms with Gasteiger partial charge in [-0.2, -0.15) is 0 Å². The average molecular weight is 393 g/mol. The standard InChI is InChI=1S/C21H33FN4O2/c1-17-15-26(16-20(28-17)18-5-7-19(22)8-6-18)21(23-2)24-9-3-4-10-25-11-13-27-14-12-25/h5-8,17,20H,3-4,9-16H2,1-2H3,(H,23,24). The molecule has 156 valence electrons. The highest BCUT2D eigenvalue weighted by atomic mass is 19.1. The van der Waals surface area contributed by atoms with Gasteiger partial charge in [-0.25, -0.2) is 4.39 Å². The Hall–Kier alpha value is -1.70. The average Bonchev–Trinajstić information content (AvgIpc) is 2.71. The summed E-state index contributed by atoms with van der Waals surface area (Å²) in [6.45, 7) is 9.42. The van der Waals surface area contributed by atoms with Crippen LogP contribution in [0.4, 0.5) is 4.39 Å². The van der Waals surface area contributed by atoms with Gasteiger partial charge in [-0.3, -0.25) is 9.89 Å². The molecule has 3 rings (SSSR count). The fourth-order valence-corrected chi connectivity index (χ4v) is 3.80. The van der Waals surface area contributed by atoms with E-state index in [1.54, 1.807) is 12.1 Å². The molecule has 1 N–H and O–H groups in total. The Bertz CT molecular complexity index is 619. The molecule has 2 aliphatic heterocycles. The van der Waals surface area contributed by atoms with Crippen LogP contribution in [-0.4, -0.2) is 81.4 Å². The first-order chi connectivity index (χ1) is 13.7. The van der Waals surface area contributed by atoms with Crippen molar-refractivity contribution in [3.8, 4) is 0 Å². The number of hydrogen-bond acceptors (Lipinski definition) is 4. The molecule has 7 heteroatoms. The molecule has 2 heterocycles. The molecule has 2 fully saturated rings. The maximum atomic E-state index is 13.2. The van der Waals surface area contributed by atoms with Crippen LogP contribution in [0, 0.1) is 5.82 Å². The molecule has 2 aliphatic rings. The van der Waals surface area contributed by atoms with Crippen LogP contribution in [0.25, 0.3) is 0 Å². The summed E-state index contributed by atoms with van der Waals surface area (Å²) in [6.07, 6.45) is 2.28. The molecule has 0 aromatic heterocycles. The van der Waals surface area contributed by atoms with Crippen LogP contribution < -0.4 is 5.32 Å². The highest BCUT2D eigenvalue weighted by Gasteiger charge is 2.28. The SMILES string of the molecule is CN=C(NCCCCN1CCOCC1)N1CC(C)OC(c2ccc(F)cc2)C1. The molecule has 2 unspecified atom stereocenters. The topological polar surface area (TPSA) is 49.3 Å². The summed E-state index contributed by atoms with van der Waals surface area (Å²) in [6, 6.07) is 6.59. The van der Waals surface area contributed by atoms with Crippen LogP contribution >= 0.6 is 0 Å². The first kappa shape index (κ1) is 21.0. The number of morpholine rings is 2. The van der Waals surface area contributed by atoms with Crippen molar-refractivity contribution < 1.29 is 13.9 Å². The van der Waals surface area contributed by atoms with Gasteiger partial charge in [0.05, 0.1) is 25.9 Å². The molecule has 28 heavy (non-hydrogen) atoms. The van der Waals surface area contributed by atoms with Crippen LogP contribution in [0.5, 0.6) is 0 Å². The van der Waals surface area contributed by atoms with Gasteiger partial charge in [0.2, 0.25) is 0 Å². The zero-order valence-corrected chi connectivity index (χ0v) is 17.1. The molecular formula is C21H33FN4O2. The molecule has 0 spiro atoms. The van der Waals surface area contributed by atoms with E-state index in [-0.39, 0.29) is 18.0 Å². The minimum absolute atomic E-state index is 0.0794. The summed E-state index contributed by atoms with van der Waals surface area (Å²) in [7, 11) is 1.82. The smallest absolute Gasteiger partial charge is 0.193 e. The van der Waals surface area contributed by atoms with Gasteiger partial charge in [-0.1, -0.05) is 12.1 Å². The Kier molecular flexibility index (Phi) is 8.06. The molecule has 1 aromatic carbocycles. The summed E-state index contributed by atoms with van der Waals surface area (Å²) in [4.78, 5) is 9.17. The van der Waals surface area contributed by atoms with Gasteiger partial charge in [-0.05, 0) is 44.0 Å². The lowest BCUT2D eigenvalue weighted by atomic mass is 10.1. The largest absolute Gasteiger partial charge is 0.379 e. The van der Waals surface area contributed by atoms with Crippen LogP contribution in [0.1, 0.15) is 31.4 Å². The zero-order chi connectivity index (χ0) is 19.8. The van der Waals surface area contributed by atoms with Gasteiger partial charge in [0.25, 0.3) is 0 Å². The molecule has 6 nitrogen and oxygen atoms in total. The van der Waals surface area contributed by atoms with Crippen molar-refractivity contribution in [2.24, 2.45) is 4.99 Å². The number of unbranched alkanes of at least 4 members (excludes halogenated alkanes) is 1. The number of rotatable bonds is 6. The lowest BCUT2D eigenvalue weighted by Crippen LogP contribution is -2.50. The third-order valence-corrected chi connectivity index (χ3v) is 5.30. The molecule has 0 amide bonds. The van der Waals surface area contributed by atoms with E-state index in [4.69, 9.17) is 9.47 Å². The molecule has 0 aliphatic carbocycles. The minimum atomic E-state index is -0.223. The second-order valence-corrected chi connectivity index (χ2v) is 7.53. The minimum Gasteiger partial charge on any atom is -0.379 e. The van der Waals surface area contributed by atoms with Gasteiger partial charge >= 0.3 is 0 Å². The third-order valence-electron chi connectivity index (χ3n) is 5.30. The first-order valence-electron chi connectivity index (χ1n) is 10.3. The predicted molar refractivity (Wildman–Crippen MR) is 109 cm³/mol. The van der Waals surface area contributed by atoms with E-state index in [1.807, 2.05) is 7.05 Å². The number of hydrogen-bond donors (Lipinski definition) is 1. The summed E-state index contributed by atoms with van der Waals surface area (Å²) in [5.41, 5.74) is 0.999. The number of guanidine groups is 1. The molecule has 0 bridgehead atoms. The molecule has 0 radical (unpaired) electrons. The van der Waals surface area contributed by atoms with Gasteiger partial charge in [0.1, 0.15) is 11.9 Å². The van der Waals surface area contributed by atoms with Gasteiger partial charge < -0.3 is 19.7 Å². The monoisotopic (exact) mass is 392 g/mol. The van der Waals surface area contributed by atoms with Crippen LogP contribution in [0.15, 0.2) is 29.3 Å². The number of nitrogens with zero attached hydrogens (tertiary/aromatic N) is 3. The van der Waals surface area contributed by atoms with Crippen molar-refractivity contribution in [1.29, 1.82) is 0 Å². The molecule has 2 saturated heterocycles. The number of benzene rings is 1. The number of ether oxygens (including phenoxy) is 2. The number of aliphatic imine (C=N–C) groups is 1. The number of halogens is 1. The van der Waals surface area contributed by atoms with Crippen molar-refractivity contribution in [3.05, 3.63) is 35.6 Å². The van der Waals surface area contributed by atoms with E-state index >= 15 is 0 Å². The van der Waals surface area contributed by atoms with Crippen molar-refractivity contribution in [3.63, 3.8) is 0 Å². The van der Waals surface area contributed by atoms with Crippen LogP contribution in [-0.2, 0) is 9.47 Å². The van der Waals surface area contributed by atoms with Crippen molar-refractivity contribution in [2.45, 2.75) is 32.0 Å². The lowest BCUT2D eigenvalue weighted by molar-refractivity contribution is -0.0605. The normalized spacial score (nSPS) is 24.4. The summed E-state index contributed by atoms with van der Waals surface area (Å²) >= 11 is 0. The van der Waals surface area contributed by atoms with Gasteiger partial charge in [-0.15, -0.1) is 0 Å². The van der Waals surface area contributed by atoms with Crippen LogP contribution in [0.2, 0.25) is 0 Å². The maximum absolute atomic E-state index is 13.2. The quantitative estimate of drug-likeness (QED) is 0.457. The molecule has 1 aromatic rings. The third kappa shape index (κ3) is 6.15. The number of nitrogens with one attached hydrogen (secondary N) is 1. The first-order valence-corrected chi connectivity index (χ1v) is 10.3. The summed E-state index contributed by atoms with van der Waals surface area (Å²) in [5, 5.41) is 3.50. The fraction of sp³-hybridized carbons (Fsp3) is 0.667. The van der Waals surface area contributed by atoms with Crippen molar-refractivity contribution in [2.75, 3.05) is 59.5 Å². The molecular weight excluding hydrogens is 359 g/mol. The van der Waals surface area contributed by atoms with E-state index < -0.39 is 0 Å². The predicted octanol–water partition coefficient (Wildman–Crippen LogP) is 2.28. The van der Waals surface area contributed by atoms with E-state index in [0.717, 1.165) is 63.9 Å². The summed E-state index contributed by atoms with van der Waals surface area (Å²) in [5.74, 6) is 0.688. The van der Waals surface area contributed by atoms with Crippen molar-refractivity contribution >= 4 is 5.96 Å². The summed E-state index contributed by atoms with van der Waals surface area (Å²) < 4.78 is 24.7. The van der Waals surface area contributed by atoms with E-state index in [1.165, 1.54) is 18.6 Å². The van der Waals surface area contributed by atoms with Gasteiger partial charge in [0, 0.05) is 33.2 Å². The maximum Gasteiger partial charge on any atom is 0.193 e. The second-order valence-electron chi connectivity index (χ2n) is 7.53. The highest BCUT2D eigenvalue weighted by Crippen LogP contribution is 2.25. The second kappa shape index (κ2) is 10.7. The fourth-order valence-electron chi connectivity index (χ4n) is 3.80. The Balaban J connectivity index is 1.45. The molecule has 2 atom stereocenters. The Morgan fingerprint density at radius 3 is 2.64 bits per heavy atom. The molecule has 0 saturated carbocycles. The van der Waals surface area contributed by atoms with E-state index in [2.05, 4.69) is 27.0 Å². The van der Waals surface area contributed by atoms with Crippen LogP contribution in [0.3, 0.4) is 0 Å². The van der Waals surface area contributed by atoms with Gasteiger partial charge in [0.15, 0.2) is 5.96 Å². The lowest BCUT2D eigenvalue weighted by Gasteiger charge is -2.38. The Labute approximate surface area is 167 Å². The Morgan fingerprint density at radius 2 is 1.93 bits per heavy atom. The highest BCUT2D eigenvalue weighted by molar-refractivity contribution is 5.80. The van der Waals surface area contributed by atoms with Crippen molar-refractivity contribution in [1.82, 2.24) is 15.1 Å².